The molecular weight excluding hydrogens is 398 g/mol. The average molecular weight is 419 g/mol. The molecule has 0 bridgehead atoms. The summed E-state index contributed by atoms with van der Waals surface area (Å²) in [6, 6.07) is 2.54. The van der Waals surface area contributed by atoms with E-state index < -0.39 is 0 Å². The Morgan fingerprint density at radius 1 is 1.10 bits per heavy atom. The molecule has 10 heteroatoms. The summed E-state index contributed by atoms with van der Waals surface area (Å²) in [6.45, 7) is 1.46. The summed E-state index contributed by atoms with van der Waals surface area (Å²) in [4.78, 5) is 28.9. The van der Waals surface area contributed by atoms with E-state index >= 15 is 0 Å². The molecule has 1 saturated heterocycles. The van der Waals surface area contributed by atoms with Gasteiger partial charge in [-0.05, 0) is 31.7 Å². The van der Waals surface area contributed by atoms with E-state index in [4.69, 9.17) is 9.47 Å². The van der Waals surface area contributed by atoms with Crippen LogP contribution in [-0.2, 0) is 4.74 Å². The van der Waals surface area contributed by atoms with Gasteiger partial charge in [0, 0.05) is 31.6 Å². The second kappa shape index (κ2) is 7.31. The summed E-state index contributed by atoms with van der Waals surface area (Å²) in [5, 5.41) is 4.84. The summed E-state index contributed by atoms with van der Waals surface area (Å²) >= 11 is 0. The molecule has 5 heterocycles. The highest BCUT2D eigenvalue weighted by molar-refractivity contribution is 5.89. The van der Waals surface area contributed by atoms with Crippen molar-refractivity contribution in [3.63, 3.8) is 0 Å². The highest BCUT2D eigenvalue weighted by Crippen LogP contribution is 2.36. The van der Waals surface area contributed by atoms with Crippen molar-refractivity contribution in [2.24, 2.45) is 0 Å². The molecule has 0 atom stereocenters. The van der Waals surface area contributed by atoms with E-state index in [1.54, 1.807) is 18.5 Å². The third-order valence-electron chi connectivity index (χ3n) is 5.77. The quantitative estimate of drug-likeness (QED) is 0.529. The van der Waals surface area contributed by atoms with Crippen molar-refractivity contribution in [1.82, 2.24) is 34.3 Å². The van der Waals surface area contributed by atoms with Crippen LogP contribution in [0, 0.1) is 0 Å². The van der Waals surface area contributed by atoms with Gasteiger partial charge in [0.15, 0.2) is 5.75 Å². The van der Waals surface area contributed by atoms with Gasteiger partial charge in [-0.15, -0.1) is 0 Å². The van der Waals surface area contributed by atoms with Gasteiger partial charge in [0.05, 0.1) is 30.1 Å². The maximum Gasteiger partial charge on any atom is 0.302 e. The number of H-pyrrole nitrogens is 1. The number of rotatable bonds is 5. The number of pyridine rings is 1. The first-order chi connectivity index (χ1) is 15.2. The zero-order valence-corrected chi connectivity index (χ0v) is 16.8. The third kappa shape index (κ3) is 3.48. The third-order valence-corrected chi connectivity index (χ3v) is 5.77. The second-order valence-electron chi connectivity index (χ2n) is 7.97. The lowest BCUT2D eigenvalue weighted by Crippen LogP contribution is -2.19. The van der Waals surface area contributed by atoms with E-state index in [2.05, 4.69) is 29.6 Å². The van der Waals surface area contributed by atoms with Crippen LogP contribution in [0.15, 0.2) is 42.0 Å². The molecule has 158 valence electrons. The van der Waals surface area contributed by atoms with E-state index in [0.717, 1.165) is 38.9 Å². The predicted octanol–water partition coefficient (Wildman–Crippen LogP) is 2.86. The molecule has 6 rings (SSSR count). The van der Waals surface area contributed by atoms with Gasteiger partial charge in [-0.3, -0.25) is 19.4 Å². The molecule has 10 nitrogen and oxygen atoms in total. The van der Waals surface area contributed by atoms with Crippen LogP contribution in [-0.4, -0.2) is 47.5 Å². The van der Waals surface area contributed by atoms with Crippen molar-refractivity contribution in [1.29, 1.82) is 0 Å². The first-order valence-corrected chi connectivity index (χ1v) is 10.5. The standard InChI is InChI=1S/C21H21N7O3/c29-20-16-3-6-22-19(17-11-27(12-23-17)13-1-2-13)18(16)25-21(26-20)31-15-9-24-28(10-15)14-4-7-30-8-5-14/h3,6,9-14H,1-2,4-5,7-8H2,(H,25,26,29). The Bertz CT molecular complexity index is 1300. The molecule has 4 aromatic rings. The van der Waals surface area contributed by atoms with Crippen LogP contribution in [0.3, 0.4) is 0 Å². The Hall–Kier alpha value is -3.53. The minimum atomic E-state index is -0.290. The van der Waals surface area contributed by atoms with Crippen LogP contribution in [0.5, 0.6) is 11.8 Å². The lowest BCUT2D eigenvalue weighted by molar-refractivity contribution is 0.0662. The number of nitrogens with zero attached hydrogens (tertiary/aromatic N) is 6. The monoisotopic (exact) mass is 419 g/mol. The Kier molecular flexibility index (Phi) is 4.30. The molecule has 0 unspecified atom stereocenters. The molecule has 0 amide bonds. The number of nitrogens with one attached hydrogen (secondary N) is 1. The molecule has 1 aliphatic carbocycles. The summed E-state index contributed by atoms with van der Waals surface area (Å²) in [5.74, 6) is 0.512. The molecular formula is C21H21N7O3. The molecule has 0 aromatic carbocycles. The van der Waals surface area contributed by atoms with Crippen LogP contribution in [0.1, 0.15) is 37.8 Å². The van der Waals surface area contributed by atoms with Crippen LogP contribution in [0.4, 0.5) is 0 Å². The second-order valence-corrected chi connectivity index (χ2v) is 7.97. The Morgan fingerprint density at radius 3 is 2.81 bits per heavy atom. The van der Waals surface area contributed by atoms with Crippen LogP contribution >= 0.6 is 0 Å². The Balaban J connectivity index is 1.33. The zero-order chi connectivity index (χ0) is 20.8. The average Bonchev–Trinajstić information content (AvgIpc) is 3.34. The Labute approximate surface area is 176 Å². The number of ether oxygens (including phenoxy) is 2. The first kappa shape index (κ1) is 18.3. The van der Waals surface area contributed by atoms with Crippen molar-refractivity contribution in [3.05, 3.63) is 47.5 Å². The fraction of sp³-hybridized carbons (Fsp3) is 0.381. The smallest absolute Gasteiger partial charge is 0.302 e. The molecule has 2 fully saturated rings. The van der Waals surface area contributed by atoms with Crippen molar-refractivity contribution in [2.45, 2.75) is 37.8 Å². The van der Waals surface area contributed by atoms with E-state index in [1.807, 2.05) is 23.4 Å². The van der Waals surface area contributed by atoms with Gasteiger partial charge < -0.3 is 14.0 Å². The van der Waals surface area contributed by atoms with Crippen molar-refractivity contribution >= 4 is 10.9 Å². The van der Waals surface area contributed by atoms with Gasteiger partial charge in [0.25, 0.3) is 5.56 Å². The van der Waals surface area contributed by atoms with Gasteiger partial charge in [-0.2, -0.15) is 10.1 Å². The summed E-state index contributed by atoms with van der Waals surface area (Å²) < 4.78 is 15.2. The maximum absolute atomic E-state index is 12.7. The number of aromatic amines is 1. The maximum atomic E-state index is 12.7. The van der Waals surface area contributed by atoms with Gasteiger partial charge in [-0.1, -0.05) is 0 Å². The minimum absolute atomic E-state index is 0.0971. The minimum Gasteiger partial charge on any atom is -0.422 e. The van der Waals surface area contributed by atoms with Crippen LogP contribution in [0.25, 0.3) is 22.3 Å². The molecule has 31 heavy (non-hydrogen) atoms. The molecule has 1 saturated carbocycles. The lowest BCUT2D eigenvalue weighted by atomic mass is 10.1. The SMILES string of the molecule is O=c1[nH]c(Oc2cnn(C3CCOCC3)c2)nc2c(-c3cn(C4CC4)cn3)nccc12. The highest BCUT2D eigenvalue weighted by atomic mass is 16.5. The molecule has 2 aliphatic rings. The normalized spacial score (nSPS) is 17.3. The van der Waals surface area contributed by atoms with E-state index in [0.29, 0.717) is 34.1 Å². The number of fused-ring (bicyclic) bond motifs is 1. The number of hydrogen-bond donors (Lipinski definition) is 1. The molecule has 0 spiro atoms. The lowest BCUT2D eigenvalue weighted by Gasteiger charge is -2.21. The number of hydrogen-bond acceptors (Lipinski definition) is 7. The van der Waals surface area contributed by atoms with Gasteiger partial charge in [0.2, 0.25) is 0 Å². The zero-order valence-electron chi connectivity index (χ0n) is 16.8. The molecule has 1 N–H and O–H groups in total. The van der Waals surface area contributed by atoms with Crippen molar-refractivity contribution in [2.75, 3.05) is 13.2 Å². The van der Waals surface area contributed by atoms with Crippen LogP contribution < -0.4 is 10.3 Å². The summed E-state index contributed by atoms with van der Waals surface area (Å²) in [5.41, 5.74) is 1.42. The van der Waals surface area contributed by atoms with Gasteiger partial charge >= 0.3 is 6.01 Å². The van der Waals surface area contributed by atoms with Crippen molar-refractivity contribution < 1.29 is 9.47 Å². The molecule has 4 aromatic heterocycles. The summed E-state index contributed by atoms with van der Waals surface area (Å²) in [6.07, 6.45) is 13.0. The molecule has 1 aliphatic heterocycles. The topological polar surface area (TPSA) is 113 Å². The Morgan fingerprint density at radius 2 is 1.97 bits per heavy atom. The first-order valence-electron chi connectivity index (χ1n) is 10.5. The van der Waals surface area contributed by atoms with Gasteiger partial charge in [-0.25, -0.2) is 4.98 Å². The fourth-order valence-corrected chi connectivity index (χ4v) is 3.95. The van der Waals surface area contributed by atoms with Gasteiger partial charge in [0.1, 0.15) is 16.9 Å². The fourth-order valence-electron chi connectivity index (χ4n) is 3.95. The van der Waals surface area contributed by atoms with Crippen molar-refractivity contribution in [3.8, 4) is 23.1 Å². The molecule has 0 radical (unpaired) electrons. The number of aromatic nitrogens is 7. The van der Waals surface area contributed by atoms with E-state index in [1.165, 1.54) is 0 Å². The van der Waals surface area contributed by atoms with E-state index in [9.17, 15) is 4.79 Å². The highest BCUT2D eigenvalue weighted by Gasteiger charge is 2.24. The summed E-state index contributed by atoms with van der Waals surface area (Å²) in [7, 11) is 0. The largest absolute Gasteiger partial charge is 0.422 e. The van der Waals surface area contributed by atoms with E-state index in [-0.39, 0.29) is 17.6 Å². The van der Waals surface area contributed by atoms with Crippen LogP contribution in [0.2, 0.25) is 0 Å². The predicted molar refractivity (Wildman–Crippen MR) is 111 cm³/mol. The number of imidazole rings is 1.